The molecule has 1 heterocycles. The van der Waals surface area contributed by atoms with E-state index in [-0.39, 0.29) is 25.1 Å². The van der Waals surface area contributed by atoms with E-state index < -0.39 is 6.10 Å². The first-order chi connectivity index (χ1) is 10.6. The molecule has 0 spiro atoms. The number of nitrogens with one attached hydrogen (secondary N) is 1. The molecule has 5 nitrogen and oxygen atoms in total. The van der Waals surface area contributed by atoms with Gasteiger partial charge < -0.3 is 19.9 Å². The molecule has 0 saturated heterocycles. The van der Waals surface area contributed by atoms with E-state index in [1.807, 2.05) is 0 Å². The highest BCUT2D eigenvalue weighted by atomic mass is 19.1. The van der Waals surface area contributed by atoms with Gasteiger partial charge in [0.2, 0.25) is 6.79 Å². The van der Waals surface area contributed by atoms with Crippen LogP contribution in [0.5, 0.6) is 11.5 Å². The number of hydrogen-bond acceptors (Lipinski definition) is 4. The Morgan fingerprint density at radius 2 is 2.00 bits per heavy atom. The van der Waals surface area contributed by atoms with E-state index in [1.165, 1.54) is 24.3 Å². The van der Waals surface area contributed by atoms with Gasteiger partial charge in [0.05, 0.1) is 11.7 Å². The van der Waals surface area contributed by atoms with Crippen LogP contribution in [-0.4, -0.2) is 24.4 Å². The molecule has 0 aromatic heterocycles. The second-order valence-electron chi connectivity index (χ2n) is 4.82. The molecule has 22 heavy (non-hydrogen) atoms. The van der Waals surface area contributed by atoms with Gasteiger partial charge in [-0.2, -0.15) is 0 Å². The van der Waals surface area contributed by atoms with E-state index in [0.29, 0.717) is 22.6 Å². The van der Waals surface area contributed by atoms with Crippen molar-refractivity contribution in [2.75, 3.05) is 13.3 Å². The van der Waals surface area contributed by atoms with Crippen LogP contribution in [-0.2, 0) is 0 Å². The fourth-order valence-corrected chi connectivity index (χ4v) is 2.20. The molecule has 0 saturated carbocycles. The highest BCUT2D eigenvalue weighted by Crippen LogP contribution is 2.35. The van der Waals surface area contributed by atoms with Crippen LogP contribution in [0.15, 0.2) is 42.5 Å². The topological polar surface area (TPSA) is 67.8 Å². The van der Waals surface area contributed by atoms with E-state index in [4.69, 9.17) is 9.47 Å². The van der Waals surface area contributed by atoms with Crippen molar-refractivity contribution in [2.45, 2.75) is 6.10 Å². The average Bonchev–Trinajstić information content (AvgIpc) is 3.01. The molecule has 0 bridgehead atoms. The molecular formula is C16H14FNO4. The summed E-state index contributed by atoms with van der Waals surface area (Å²) in [4.78, 5) is 12.2. The minimum atomic E-state index is -0.918. The lowest BCUT2D eigenvalue weighted by atomic mass is 10.1. The van der Waals surface area contributed by atoms with E-state index in [1.54, 1.807) is 18.2 Å². The number of aliphatic hydroxyl groups excluding tert-OH is 1. The number of rotatable bonds is 4. The van der Waals surface area contributed by atoms with Crippen molar-refractivity contribution in [2.24, 2.45) is 0 Å². The van der Waals surface area contributed by atoms with Crippen molar-refractivity contribution in [3.63, 3.8) is 0 Å². The molecule has 1 aliphatic rings. The maximum Gasteiger partial charge on any atom is 0.255 e. The number of para-hydroxylation sites is 1. The molecule has 3 rings (SSSR count). The van der Waals surface area contributed by atoms with Gasteiger partial charge in [0.25, 0.3) is 5.91 Å². The maximum atomic E-state index is 12.8. The standard InChI is InChI=1S/C16H14FNO4/c17-11-6-4-10(5-7-11)13(19)8-18-16(20)12-2-1-3-14-15(12)22-9-21-14/h1-7,13,19H,8-9H2,(H,18,20). The van der Waals surface area contributed by atoms with Crippen molar-refractivity contribution >= 4 is 5.91 Å². The predicted octanol–water partition coefficient (Wildman–Crippen LogP) is 2.02. The molecule has 0 radical (unpaired) electrons. The normalized spacial score (nSPS) is 13.7. The van der Waals surface area contributed by atoms with Crippen LogP contribution in [0.3, 0.4) is 0 Å². The van der Waals surface area contributed by atoms with E-state index >= 15 is 0 Å². The molecular weight excluding hydrogens is 289 g/mol. The van der Waals surface area contributed by atoms with Gasteiger partial charge in [-0.15, -0.1) is 0 Å². The molecule has 2 aromatic rings. The molecule has 6 heteroatoms. The van der Waals surface area contributed by atoms with Gasteiger partial charge in [0, 0.05) is 6.54 Å². The summed E-state index contributed by atoms with van der Waals surface area (Å²) in [6, 6.07) is 10.5. The lowest BCUT2D eigenvalue weighted by Gasteiger charge is -2.13. The van der Waals surface area contributed by atoms with Crippen LogP contribution in [0.1, 0.15) is 22.0 Å². The maximum absolute atomic E-state index is 12.8. The number of carbonyl (C=O) groups excluding carboxylic acids is 1. The number of fused-ring (bicyclic) bond motifs is 1. The molecule has 1 atom stereocenters. The Morgan fingerprint density at radius 3 is 2.77 bits per heavy atom. The van der Waals surface area contributed by atoms with Crippen LogP contribution in [0.4, 0.5) is 4.39 Å². The Hall–Kier alpha value is -2.60. The lowest BCUT2D eigenvalue weighted by Crippen LogP contribution is -2.28. The predicted molar refractivity (Wildman–Crippen MR) is 76.3 cm³/mol. The first-order valence-corrected chi connectivity index (χ1v) is 6.75. The first-order valence-electron chi connectivity index (χ1n) is 6.75. The van der Waals surface area contributed by atoms with E-state index in [2.05, 4.69) is 5.32 Å². The van der Waals surface area contributed by atoms with E-state index in [0.717, 1.165) is 0 Å². The minimum Gasteiger partial charge on any atom is -0.454 e. The second kappa shape index (κ2) is 6.03. The van der Waals surface area contributed by atoms with Crippen molar-refractivity contribution in [1.29, 1.82) is 0 Å². The number of halogens is 1. The van der Waals surface area contributed by atoms with Gasteiger partial charge in [-0.1, -0.05) is 18.2 Å². The summed E-state index contributed by atoms with van der Waals surface area (Å²) in [7, 11) is 0. The SMILES string of the molecule is O=C(NCC(O)c1ccc(F)cc1)c1cccc2c1OCO2. The number of aliphatic hydroxyl groups is 1. The lowest BCUT2D eigenvalue weighted by molar-refractivity contribution is 0.0911. The number of carbonyl (C=O) groups is 1. The van der Waals surface area contributed by atoms with Crippen molar-refractivity contribution in [3.8, 4) is 11.5 Å². The fraction of sp³-hybridized carbons (Fsp3) is 0.188. The van der Waals surface area contributed by atoms with Crippen molar-refractivity contribution in [3.05, 3.63) is 59.4 Å². The quantitative estimate of drug-likeness (QED) is 0.907. The number of ether oxygens (including phenoxy) is 2. The molecule has 2 N–H and O–H groups in total. The number of amides is 1. The Kier molecular flexibility index (Phi) is 3.93. The summed E-state index contributed by atoms with van der Waals surface area (Å²) in [5.74, 6) is 0.170. The Bertz CT molecular complexity index is 687. The van der Waals surface area contributed by atoms with Crippen LogP contribution < -0.4 is 14.8 Å². The molecule has 1 unspecified atom stereocenters. The van der Waals surface area contributed by atoms with Gasteiger partial charge in [-0.25, -0.2) is 4.39 Å². The average molecular weight is 303 g/mol. The molecule has 1 amide bonds. The van der Waals surface area contributed by atoms with Crippen molar-refractivity contribution in [1.82, 2.24) is 5.32 Å². The third-order valence-electron chi connectivity index (χ3n) is 3.35. The highest BCUT2D eigenvalue weighted by Gasteiger charge is 2.22. The Morgan fingerprint density at radius 1 is 1.23 bits per heavy atom. The summed E-state index contributed by atoms with van der Waals surface area (Å²) in [5, 5.41) is 12.6. The van der Waals surface area contributed by atoms with E-state index in [9.17, 15) is 14.3 Å². The zero-order valence-corrected chi connectivity index (χ0v) is 11.6. The molecule has 1 aliphatic heterocycles. The zero-order chi connectivity index (χ0) is 15.5. The third kappa shape index (κ3) is 2.87. The van der Waals surface area contributed by atoms with Gasteiger partial charge >= 0.3 is 0 Å². The van der Waals surface area contributed by atoms with Crippen LogP contribution in [0.2, 0.25) is 0 Å². The molecule has 0 aliphatic carbocycles. The second-order valence-corrected chi connectivity index (χ2v) is 4.82. The van der Waals surface area contributed by atoms with Crippen LogP contribution in [0.25, 0.3) is 0 Å². The summed E-state index contributed by atoms with van der Waals surface area (Å²) < 4.78 is 23.3. The highest BCUT2D eigenvalue weighted by molar-refractivity contribution is 5.97. The number of benzene rings is 2. The Labute approximate surface area is 126 Å². The summed E-state index contributed by atoms with van der Waals surface area (Å²) in [6.45, 7) is 0.0901. The van der Waals surface area contributed by atoms with Gasteiger partial charge in [-0.05, 0) is 29.8 Å². The monoisotopic (exact) mass is 303 g/mol. The third-order valence-corrected chi connectivity index (χ3v) is 3.35. The largest absolute Gasteiger partial charge is 0.454 e. The van der Waals surface area contributed by atoms with Gasteiger partial charge in [-0.3, -0.25) is 4.79 Å². The molecule has 2 aromatic carbocycles. The van der Waals surface area contributed by atoms with Gasteiger partial charge in [0.1, 0.15) is 5.82 Å². The zero-order valence-electron chi connectivity index (χ0n) is 11.6. The summed E-state index contributed by atoms with van der Waals surface area (Å²) in [6.07, 6.45) is -0.918. The summed E-state index contributed by atoms with van der Waals surface area (Å²) >= 11 is 0. The summed E-state index contributed by atoms with van der Waals surface area (Å²) in [5.41, 5.74) is 0.876. The minimum absolute atomic E-state index is 0.00892. The smallest absolute Gasteiger partial charge is 0.255 e. The van der Waals surface area contributed by atoms with Crippen LogP contribution in [0, 0.1) is 5.82 Å². The first kappa shape index (κ1) is 14.3. The molecule has 114 valence electrons. The van der Waals surface area contributed by atoms with Crippen molar-refractivity contribution < 1.29 is 23.8 Å². The Balaban J connectivity index is 1.65. The van der Waals surface area contributed by atoms with Gasteiger partial charge in [0.15, 0.2) is 11.5 Å². The molecule has 0 fully saturated rings. The number of hydrogen-bond donors (Lipinski definition) is 2. The van der Waals surface area contributed by atoms with Crippen LogP contribution >= 0.6 is 0 Å². The fourth-order valence-electron chi connectivity index (χ4n) is 2.20.